The van der Waals surface area contributed by atoms with E-state index in [-0.39, 0.29) is 52.1 Å². The maximum atomic E-state index is 14.3. The van der Waals surface area contributed by atoms with E-state index in [9.17, 15) is 32.6 Å². The van der Waals surface area contributed by atoms with Crippen LogP contribution in [-0.2, 0) is 12.1 Å². The lowest BCUT2D eigenvalue weighted by molar-refractivity contribution is -0.265. The van der Waals surface area contributed by atoms with Crippen LogP contribution in [-0.4, -0.2) is 53.6 Å². The van der Waals surface area contributed by atoms with Crippen molar-refractivity contribution in [3.05, 3.63) is 76.2 Å². The third-order valence-electron chi connectivity index (χ3n) is 5.64. The molecule has 13 heteroatoms. The zero-order chi connectivity index (χ0) is 29.0. The Hall–Kier alpha value is -3.45. The lowest BCUT2D eigenvalue weighted by atomic mass is 9.95. The van der Waals surface area contributed by atoms with Gasteiger partial charge in [-0.15, -0.1) is 0 Å². The summed E-state index contributed by atoms with van der Waals surface area (Å²) < 4.78 is 66.9. The number of rotatable bonds is 10. The van der Waals surface area contributed by atoms with Gasteiger partial charge in [0.25, 0.3) is 5.91 Å². The molecule has 5 N–H and O–H groups in total. The molecule has 0 saturated heterocycles. The number of carbonyl (C=O) groups is 1. The molecule has 2 aromatic carbocycles. The van der Waals surface area contributed by atoms with Crippen LogP contribution in [0.2, 0.25) is 5.02 Å². The number of aliphatic hydroxyl groups excluding tert-OH is 1. The molecule has 0 aliphatic rings. The van der Waals surface area contributed by atoms with Gasteiger partial charge in [0.05, 0.1) is 36.2 Å². The Kier molecular flexibility index (Phi) is 9.38. The Bertz CT molecular complexity index is 1340. The molecule has 1 aromatic heterocycles. The maximum Gasteiger partial charge on any atom is 0.424 e. The third kappa shape index (κ3) is 6.95. The van der Waals surface area contributed by atoms with E-state index in [0.29, 0.717) is 0 Å². The topological polar surface area (TPSA) is 127 Å². The van der Waals surface area contributed by atoms with E-state index in [4.69, 9.17) is 26.8 Å². The molecule has 8 nitrogen and oxygen atoms in total. The molecule has 2 atom stereocenters. The summed E-state index contributed by atoms with van der Waals surface area (Å²) >= 11 is 5.81. The zero-order valence-corrected chi connectivity index (χ0v) is 21.6. The minimum atomic E-state index is -5.27. The van der Waals surface area contributed by atoms with Gasteiger partial charge in [-0.05, 0) is 61.0 Å². The second kappa shape index (κ2) is 12.2. The summed E-state index contributed by atoms with van der Waals surface area (Å²) in [7, 11) is 1.30. The Morgan fingerprint density at radius 3 is 2.46 bits per heavy atom. The van der Waals surface area contributed by atoms with E-state index < -0.39 is 41.8 Å². The minimum absolute atomic E-state index is 0.0404. The van der Waals surface area contributed by atoms with E-state index in [1.54, 1.807) is 0 Å². The predicted molar refractivity (Wildman–Crippen MR) is 135 cm³/mol. The highest BCUT2D eigenvalue weighted by molar-refractivity contribution is 6.31. The summed E-state index contributed by atoms with van der Waals surface area (Å²) in [5.74, 6) is -1.37. The van der Waals surface area contributed by atoms with Crippen molar-refractivity contribution < 1.29 is 42.0 Å². The number of alkyl halides is 3. The molecule has 1 heterocycles. The molecular formula is C26H26ClF4N3O5. The number of benzene rings is 2. The average molecular weight is 572 g/mol. The van der Waals surface area contributed by atoms with Crippen molar-refractivity contribution in [1.82, 2.24) is 10.3 Å². The predicted octanol–water partition coefficient (Wildman–Crippen LogP) is 3.95. The van der Waals surface area contributed by atoms with E-state index in [0.717, 1.165) is 12.1 Å². The van der Waals surface area contributed by atoms with Crippen LogP contribution in [0.4, 0.5) is 17.6 Å². The number of halogens is 5. The van der Waals surface area contributed by atoms with Gasteiger partial charge in [-0.1, -0.05) is 11.6 Å². The summed E-state index contributed by atoms with van der Waals surface area (Å²) in [5, 5.41) is 22.1. The van der Waals surface area contributed by atoms with Crippen molar-refractivity contribution in [2.45, 2.75) is 31.3 Å². The second-order valence-electron chi connectivity index (χ2n) is 8.65. The van der Waals surface area contributed by atoms with E-state index in [2.05, 4.69) is 10.3 Å². The molecular weight excluding hydrogens is 546 g/mol. The molecule has 0 fully saturated rings. The number of amides is 1. The maximum absolute atomic E-state index is 14.3. The Balaban J connectivity index is 1.93. The number of nitrogens with zero attached hydrogens (tertiary/aromatic N) is 1. The van der Waals surface area contributed by atoms with Crippen LogP contribution in [0.3, 0.4) is 0 Å². The lowest BCUT2D eigenvalue weighted by Gasteiger charge is -2.31. The normalized spacial score (nSPS) is 13.9. The number of aliphatic hydroxyl groups is 2. The van der Waals surface area contributed by atoms with Crippen molar-refractivity contribution in [2.75, 3.05) is 20.3 Å². The van der Waals surface area contributed by atoms with Gasteiger partial charge in [0.1, 0.15) is 12.4 Å². The molecule has 0 saturated carbocycles. The molecule has 39 heavy (non-hydrogen) atoms. The Labute approximate surface area is 226 Å². The number of pyridine rings is 1. The van der Waals surface area contributed by atoms with Gasteiger partial charge in [0.2, 0.25) is 5.60 Å². The quantitative estimate of drug-likeness (QED) is 0.271. The summed E-state index contributed by atoms with van der Waals surface area (Å²) in [4.78, 5) is 16.7. The van der Waals surface area contributed by atoms with Gasteiger partial charge in [-0.2, -0.15) is 13.2 Å². The first kappa shape index (κ1) is 30.1. The third-order valence-corrected chi connectivity index (χ3v) is 5.93. The van der Waals surface area contributed by atoms with Crippen molar-refractivity contribution in [3.8, 4) is 22.8 Å². The summed E-state index contributed by atoms with van der Waals surface area (Å²) in [6.45, 7) is -0.0308. The minimum Gasteiger partial charge on any atom is -0.493 e. The van der Waals surface area contributed by atoms with Crippen LogP contribution in [0.1, 0.15) is 28.5 Å². The number of nitrogens with two attached hydrogens (primary N) is 1. The van der Waals surface area contributed by atoms with Gasteiger partial charge < -0.3 is 30.7 Å². The van der Waals surface area contributed by atoms with E-state index in [1.807, 2.05) is 0 Å². The fourth-order valence-corrected chi connectivity index (χ4v) is 3.69. The molecule has 0 aliphatic heterocycles. The zero-order valence-electron chi connectivity index (χ0n) is 20.9. The van der Waals surface area contributed by atoms with Gasteiger partial charge >= 0.3 is 6.18 Å². The molecule has 0 bridgehead atoms. The first-order valence-corrected chi connectivity index (χ1v) is 11.9. The molecule has 210 valence electrons. The molecule has 2 unspecified atom stereocenters. The van der Waals surface area contributed by atoms with Crippen molar-refractivity contribution >= 4 is 17.5 Å². The second-order valence-corrected chi connectivity index (χ2v) is 9.05. The fourth-order valence-electron chi connectivity index (χ4n) is 3.50. The molecule has 1 amide bonds. The van der Waals surface area contributed by atoms with Crippen LogP contribution in [0, 0.1) is 5.82 Å². The Morgan fingerprint density at radius 1 is 1.15 bits per heavy atom. The standard InChI is InChI=1S/C26H26ClF4N3O5/c1-14(35)12-39-21-6-4-17(10-22(21)38-2)24(36)33-13-25(37,26(29,30)31)23-8-15(11-32)7-20(34-23)16-3-5-19(28)18(27)9-16/h3-10,14,35,37H,11-13,32H2,1-2H3,(H,33,36). The van der Waals surface area contributed by atoms with Gasteiger partial charge in [-0.25, -0.2) is 9.37 Å². The van der Waals surface area contributed by atoms with Crippen molar-refractivity contribution in [2.24, 2.45) is 5.73 Å². The molecule has 3 rings (SSSR count). The number of carbonyl (C=O) groups excluding carboxylic acids is 1. The lowest BCUT2D eigenvalue weighted by Crippen LogP contribution is -2.51. The summed E-state index contributed by atoms with van der Waals surface area (Å²) in [6, 6.07) is 9.72. The van der Waals surface area contributed by atoms with Crippen LogP contribution < -0.4 is 20.5 Å². The van der Waals surface area contributed by atoms with Gasteiger partial charge in [-0.3, -0.25) is 4.79 Å². The van der Waals surface area contributed by atoms with Crippen LogP contribution in [0.25, 0.3) is 11.3 Å². The largest absolute Gasteiger partial charge is 0.493 e. The smallest absolute Gasteiger partial charge is 0.424 e. The first-order chi connectivity index (χ1) is 18.3. The Morgan fingerprint density at radius 2 is 1.87 bits per heavy atom. The summed E-state index contributed by atoms with van der Waals surface area (Å²) in [6.07, 6.45) is -6.04. The number of hydrogen-bond acceptors (Lipinski definition) is 7. The monoisotopic (exact) mass is 571 g/mol. The van der Waals surface area contributed by atoms with Crippen molar-refractivity contribution in [3.63, 3.8) is 0 Å². The van der Waals surface area contributed by atoms with Gasteiger partial charge in [0, 0.05) is 17.7 Å². The number of ether oxygens (including phenoxy) is 2. The first-order valence-electron chi connectivity index (χ1n) is 11.5. The van der Waals surface area contributed by atoms with Crippen LogP contribution in [0.5, 0.6) is 11.5 Å². The molecule has 0 aliphatic carbocycles. The number of nitrogens with one attached hydrogen (secondary N) is 1. The number of aromatic nitrogens is 1. The molecule has 0 spiro atoms. The van der Waals surface area contributed by atoms with Crippen molar-refractivity contribution in [1.29, 1.82) is 0 Å². The van der Waals surface area contributed by atoms with E-state index >= 15 is 0 Å². The summed E-state index contributed by atoms with van der Waals surface area (Å²) in [5.41, 5.74) is 1.49. The average Bonchev–Trinajstić information content (AvgIpc) is 2.90. The fraction of sp³-hybridized carbons (Fsp3) is 0.308. The highest BCUT2D eigenvalue weighted by Gasteiger charge is 2.56. The van der Waals surface area contributed by atoms with Crippen LogP contribution >= 0.6 is 11.6 Å². The van der Waals surface area contributed by atoms with Gasteiger partial charge in [0.15, 0.2) is 11.5 Å². The molecule has 3 aromatic rings. The SMILES string of the molecule is COc1cc(C(=O)NCC(O)(c2cc(CN)cc(-c3ccc(F)c(Cl)c3)n2)C(F)(F)F)ccc1OCC(C)O. The number of hydrogen-bond donors (Lipinski definition) is 4. The molecule has 0 radical (unpaired) electrons. The van der Waals surface area contributed by atoms with E-state index in [1.165, 1.54) is 50.4 Å². The highest BCUT2D eigenvalue weighted by Crippen LogP contribution is 2.39. The van der Waals surface area contributed by atoms with Crippen LogP contribution in [0.15, 0.2) is 48.5 Å². The number of methoxy groups -OCH3 is 1. The highest BCUT2D eigenvalue weighted by atomic mass is 35.5.